The topological polar surface area (TPSA) is 21.3 Å². The van der Waals surface area contributed by atoms with Crippen molar-refractivity contribution in [1.29, 1.82) is 0 Å². The molecule has 90 valence electrons. The number of benzene rings is 1. The van der Waals surface area contributed by atoms with Gasteiger partial charge in [0.25, 0.3) is 0 Å². The predicted molar refractivity (Wildman–Crippen MR) is 72.0 cm³/mol. The highest BCUT2D eigenvalue weighted by molar-refractivity contribution is 9.10. The molecule has 0 fully saturated rings. The Hall–Kier alpha value is -0.0900. The zero-order chi connectivity index (χ0) is 11.8. The Bertz CT molecular complexity index is 286. The molecule has 1 aromatic rings. The molecular weight excluding hydrogens is 289 g/mol. The van der Waals surface area contributed by atoms with Crippen LogP contribution in [0.25, 0.3) is 0 Å². The van der Waals surface area contributed by atoms with Gasteiger partial charge in [-0.15, -0.1) is 11.6 Å². The second kappa shape index (κ2) is 8.07. The van der Waals surface area contributed by atoms with Crippen LogP contribution in [-0.4, -0.2) is 25.6 Å². The van der Waals surface area contributed by atoms with Gasteiger partial charge < -0.3 is 10.1 Å². The van der Waals surface area contributed by atoms with Crippen LogP contribution in [0.5, 0.6) is 0 Å². The van der Waals surface area contributed by atoms with E-state index in [0.717, 1.165) is 17.4 Å². The molecule has 0 bridgehead atoms. The Morgan fingerprint density at radius 3 is 2.62 bits per heavy atom. The van der Waals surface area contributed by atoms with Crippen LogP contribution in [0.3, 0.4) is 0 Å². The van der Waals surface area contributed by atoms with Gasteiger partial charge in [0.2, 0.25) is 0 Å². The lowest BCUT2D eigenvalue weighted by molar-refractivity contribution is 0.164. The summed E-state index contributed by atoms with van der Waals surface area (Å²) in [4.78, 5) is 0. The molecule has 1 N–H and O–H groups in total. The van der Waals surface area contributed by atoms with Crippen LogP contribution < -0.4 is 5.32 Å². The van der Waals surface area contributed by atoms with Gasteiger partial charge in [0.1, 0.15) is 0 Å². The zero-order valence-electron chi connectivity index (χ0n) is 9.38. The number of hydrogen-bond donors (Lipinski definition) is 1. The van der Waals surface area contributed by atoms with Crippen molar-refractivity contribution in [2.24, 2.45) is 0 Å². The normalized spacial score (nSPS) is 12.7. The maximum absolute atomic E-state index is 5.73. The second-order valence-electron chi connectivity index (χ2n) is 3.64. The molecule has 0 saturated heterocycles. The summed E-state index contributed by atoms with van der Waals surface area (Å²) in [7, 11) is 1.71. The van der Waals surface area contributed by atoms with Crippen molar-refractivity contribution in [3.8, 4) is 0 Å². The van der Waals surface area contributed by atoms with E-state index in [4.69, 9.17) is 16.3 Å². The van der Waals surface area contributed by atoms with E-state index >= 15 is 0 Å². The average Bonchev–Trinajstić information content (AvgIpc) is 2.29. The maximum atomic E-state index is 5.73. The Labute approximate surface area is 110 Å². The van der Waals surface area contributed by atoms with Crippen LogP contribution >= 0.6 is 27.5 Å². The lowest BCUT2D eigenvalue weighted by Gasteiger charge is -2.16. The lowest BCUT2D eigenvalue weighted by atomic mass is 10.2. The van der Waals surface area contributed by atoms with Gasteiger partial charge in [0, 0.05) is 30.0 Å². The van der Waals surface area contributed by atoms with Crippen molar-refractivity contribution in [1.82, 2.24) is 5.32 Å². The summed E-state index contributed by atoms with van der Waals surface area (Å²) in [6, 6.07) is 8.61. The molecule has 0 aliphatic carbocycles. The molecule has 1 atom stereocenters. The number of nitrogens with one attached hydrogen (secondary N) is 1. The molecule has 0 heterocycles. The van der Waals surface area contributed by atoms with Gasteiger partial charge in [-0.05, 0) is 24.1 Å². The lowest BCUT2D eigenvalue weighted by Crippen LogP contribution is -2.33. The number of rotatable bonds is 7. The highest BCUT2D eigenvalue weighted by atomic mass is 79.9. The monoisotopic (exact) mass is 305 g/mol. The molecule has 4 heteroatoms. The molecule has 0 amide bonds. The second-order valence-corrected chi connectivity index (χ2v) is 4.93. The zero-order valence-corrected chi connectivity index (χ0v) is 11.7. The molecule has 1 unspecified atom stereocenters. The standard InChI is InChI=1S/C12H17BrClNO/c1-16-9-12(6-7-14)15-8-10-2-4-11(13)5-3-10/h2-5,12,15H,6-9H2,1H3. The average molecular weight is 307 g/mol. The molecule has 0 saturated carbocycles. The van der Waals surface area contributed by atoms with Crippen molar-refractivity contribution in [2.75, 3.05) is 19.6 Å². The van der Waals surface area contributed by atoms with E-state index < -0.39 is 0 Å². The van der Waals surface area contributed by atoms with Gasteiger partial charge in [-0.3, -0.25) is 0 Å². The van der Waals surface area contributed by atoms with Gasteiger partial charge in [0.15, 0.2) is 0 Å². The molecular formula is C12H17BrClNO. The first-order valence-electron chi connectivity index (χ1n) is 5.29. The number of ether oxygens (including phenoxy) is 1. The van der Waals surface area contributed by atoms with E-state index in [1.807, 2.05) is 12.1 Å². The molecule has 0 aliphatic heterocycles. The van der Waals surface area contributed by atoms with Crippen LogP contribution in [0.2, 0.25) is 0 Å². The van der Waals surface area contributed by atoms with Crippen molar-refractivity contribution >= 4 is 27.5 Å². The summed E-state index contributed by atoms with van der Waals surface area (Å²) in [5.41, 5.74) is 1.26. The van der Waals surface area contributed by atoms with E-state index in [-0.39, 0.29) is 0 Å². The van der Waals surface area contributed by atoms with Crippen LogP contribution in [0, 0.1) is 0 Å². The SMILES string of the molecule is COCC(CCCl)NCc1ccc(Br)cc1. The Morgan fingerprint density at radius 1 is 1.38 bits per heavy atom. The van der Waals surface area contributed by atoms with Crippen LogP contribution in [0.1, 0.15) is 12.0 Å². The largest absolute Gasteiger partial charge is 0.383 e. The Morgan fingerprint density at radius 2 is 2.06 bits per heavy atom. The van der Waals surface area contributed by atoms with Crippen LogP contribution in [0.15, 0.2) is 28.7 Å². The van der Waals surface area contributed by atoms with Gasteiger partial charge >= 0.3 is 0 Å². The van der Waals surface area contributed by atoms with E-state index in [2.05, 4.69) is 33.4 Å². The van der Waals surface area contributed by atoms with Crippen molar-refractivity contribution in [3.63, 3.8) is 0 Å². The summed E-state index contributed by atoms with van der Waals surface area (Å²) in [5.74, 6) is 0.654. The van der Waals surface area contributed by atoms with E-state index in [0.29, 0.717) is 18.5 Å². The molecule has 16 heavy (non-hydrogen) atoms. The van der Waals surface area contributed by atoms with E-state index in [1.54, 1.807) is 7.11 Å². The predicted octanol–water partition coefficient (Wildman–Crippen LogP) is 3.18. The Balaban J connectivity index is 2.38. The fourth-order valence-corrected chi connectivity index (χ4v) is 1.97. The Kier molecular flexibility index (Phi) is 7.05. The van der Waals surface area contributed by atoms with E-state index in [1.165, 1.54) is 5.56 Å². The quantitative estimate of drug-likeness (QED) is 0.781. The highest BCUT2D eigenvalue weighted by Gasteiger charge is 2.06. The summed E-state index contributed by atoms with van der Waals surface area (Å²) in [5, 5.41) is 3.43. The van der Waals surface area contributed by atoms with Crippen molar-refractivity contribution < 1.29 is 4.74 Å². The summed E-state index contributed by atoms with van der Waals surface area (Å²) >= 11 is 9.15. The fraction of sp³-hybridized carbons (Fsp3) is 0.500. The molecule has 1 aromatic carbocycles. The first-order chi connectivity index (χ1) is 7.76. The number of alkyl halides is 1. The fourth-order valence-electron chi connectivity index (χ4n) is 1.44. The minimum Gasteiger partial charge on any atom is -0.383 e. The summed E-state index contributed by atoms with van der Waals surface area (Å²) in [6.45, 7) is 1.54. The third-order valence-electron chi connectivity index (χ3n) is 2.33. The number of methoxy groups -OCH3 is 1. The molecule has 2 nitrogen and oxygen atoms in total. The minimum atomic E-state index is 0.325. The molecule has 1 rings (SSSR count). The third kappa shape index (κ3) is 5.30. The summed E-state index contributed by atoms with van der Waals surface area (Å²) < 4.78 is 6.24. The van der Waals surface area contributed by atoms with Gasteiger partial charge in [-0.25, -0.2) is 0 Å². The molecule has 0 aromatic heterocycles. The third-order valence-corrected chi connectivity index (χ3v) is 3.08. The van der Waals surface area contributed by atoms with Crippen LogP contribution in [-0.2, 0) is 11.3 Å². The highest BCUT2D eigenvalue weighted by Crippen LogP contribution is 2.10. The smallest absolute Gasteiger partial charge is 0.0616 e. The van der Waals surface area contributed by atoms with E-state index in [9.17, 15) is 0 Å². The van der Waals surface area contributed by atoms with Crippen LogP contribution in [0.4, 0.5) is 0 Å². The van der Waals surface area contributed by atoms with Gasteiger partial charge in [-0.1, -0.05) is 28.1 Å². The molecule has 0 aliphatic rings. The first kappa shape index (κ1) is 14.0. The van der Waals surface area contributed by atoms with Crippen molar-refractivity contribution in [2.45, 2.75) is 19.0 Å². The first-order valence-corrected chi connectivity index (χ1v) is 6.61. The minimum absolute atomic E-state index is 0.325. The molecule has 0 radical (unpaired) electrons. The maximum Gasteiger partial charge on any atom is 0.0616 e. The number of hydrogen-bond acceptors (Lipinski definition) is 2. The summed E-state index contributed by atoms with van der Waals surface area (Å²) in [6.07, 6.45) is 0.923. The van der Waals surface area contributed by atoms with Crippen molar-refractivity contribution in [3.05, 3.63) is 34.3 Å². The van der Waals surface area contributed by atoms with Gasteiger partial charge in [0.05, 0.1) is 6.61 Å². The molecule has 0 spiro atoms. The number of halogens is 2. The van der Waals surface area contributed by atoms with Gasteiger partial charge in [-0.2, -0.15) is 0 Å².